The van der Waals surface area contributed by atoms with Gasteiger partial charge in [0.15, 0.2) is 5.78 Å². The van der Waals surface area contributed by atoms with E-state index in [0.29, 0.717) is 18.9 Å². The van der Waals surface area contributed by atoms with Gasteiger partial charge < -0.3 is 30.0 Å². The Labute approximate surface area is 259 Å². The van der Waals surface area contributed by atoms with Crippen LogP contribution in [0.5, 0.6) is 0 Å². The van der Waals surface area contributed by atoms with E-state index in [1.807, 2.05) is 65.6 Å². The number of rotatable bonds is 12. The van der Waals surface area contributed by atoms with E-state index in [1.165, 1.54) is 6.92 Å². The largest absolute Gasteiger partial charge is 0.383 e. The number of nitrogens with one attached hydrogen (secondary N) is 1. The second-order valence-corrected chi connectivity index (χ2v) is 11.3. The minimum atomic E-state index is -1.02. The second kappa shape index (κ2) is 16.5. The summed E-state index contributed by atoms with van der Waals surface area (Å²) in [5.74, 6) is 2.04. The van der Waals surface area contributed by atoms with Gasteiger partial charge in [-0.2, -0.15) is 0 Å². The van der Waals surface area contributed by atoms with Crippen molar-refractivity contribution in [3.05, 3.63) is 90.0 Å². The van der Waals surface area contributed by atoms with Crippen LogP contribution < -0.4 is 11.1 Å². The van der Waals surface area contributed by atoms with Gasteiger partial charge in [-0.25, -0.2) is 4.98 Å². The molecular weight excluding hydrogens is 558 g/mol. The molecule has 1 aromatic heterocycles. The first-order chi connectivity index (χ1) is 21.0. The Kier molecular flexibility index (Phi) is 12.8. The fourth-order valence-corrected chi connectivity index (χ4v) is 4.75. The first-order valence-electron chi connectivity index (χ1n) is 14.6. The summed E-state index contributed by atoms with van der Waals surface area (Å²) in [5, 5.41) is 2.60. The Balaban J connectivity index is 0.000000245. The highest BCUT2D eigenvalue weighted by molar-refractivity contribution is 5.91. The number of carbonyl (C=O) groups is 3. The van der Waals surface area contributed by atoms with E-state index in [2.05, 4.69) is 16.2 Å². The van der Waals surface area contributed by atoms with Crippen LogP contribution in [0.4, 0.5) is 0 Å². The molecule has 1 aliphatic rings. The van der Waals surface area contributed by atoms with Crippen LogP contribution in [0.3, 0.4) is 0 Å². The lowest BCUT2D eigenvalue weighted by Gasteiger charge is -2.29. The van der Waals surface area contributed by atoms with Crippen molar-refractivity contribution >= 4 is 17.6 Å². The minimum absolute atomic E-state index is 0.0571. The third-order valence-electron chi connectivity index (χ3n) is 7.19. The first kappa shape index (κ1) is 34.2. The molecule has 0 radical (unpaired) electrons. The van der Waals surface area contributed by atoms with Crippen molar-refractivity contribution in [3.63, 3.8) is 0 Å². The van der Waals surface area contributed by atoms with Crippen LogP contribution in [0.2, 0.25) is 0 Å². The van der Waals surface area contributed by atoms with Crippen LogP contribution in [-0.4, -0.2) is 76.5 Å². The number of ketones is 1. The van der Waals surface area contributed by atoms with Crippen molar-refractivity contribution in [1.82, 2.24) is 19.8 Å². The highest BCUT2D eigenvalue weighted by atomic mass is 16.5. The van der Waals surface area contributed by atoms with E-state index in [4.69, 9.17) is 21.6 Å². The fraction of sp³-hybridized carbons (Fsp3) is 0.412. The fourth-order valence-electron chi connectivity index (χ4n) is 4.75. The van der Waals surface area contributed by atoms with Crippen LogP contribution in [-0.2, 0) is 30.5 Å². The van der Waals surface area contributed by atoms with Gasteiger partial charge in [0, 0.05) is 19.9 Å². The highest BCUT2D eigenvalue weighted by Gasteiger charge is 2.34. The molecule has 0 spiro atoms. The molecular formula is C34H43N5O5. The number of imidazole rings is 1. The smallest absolute Gasteiger partial charge is 0.250 e. The van der Waals surface area contributed by atoms with Gasteiger partial charge in [0.2, 0.25) is 5.91 Å². The van der Waals surface area contributed by atoms with Gasteiger partial charge in [-0.3, -0.25) is 14.4 Å². The number of likely N-dealkylation sites (tertiary alicyclic amines) is 1. The molecule has 3 atom stereocenters. The van der Waals surface area contributed by atoms with Crippen LogP contribution in [0.1, 0.15) is 56.5 Å². The lowest BCUT2D eigenvalue weighted by atomic mass is 10.0. The summed E-state index contributed by atoms with van der Waals surface area (Å²) in [4.78, 5) is 42.7. The molecule has 1 unspecified atom stereocenters. The number of terminal acetylenes is 1. The molecule has 44 heavy (non-hydrogen) atoms. The molecule has 10 nitrogen and oxygen atoms in total. The highest BCUT2D eigenvalue weighted by Crippen LogP contribution is 2.26. The van der Waals surface area contributed by atoms with Gasteiger partial charge >= 0.3 is 0 Å². The van der Waals surface area contributed by atoms with Gasteiger partial charge in [0.25, 0.3) is 5.91 Å². The van der Waals surface area contributed by atoms with Crippen molar-refractivity contribution in [2.45, 2.75) is 63.9 Å². The van der Waals surface area contributed by atoms with Crippen LogP contribution in [0.25, 0.3) is 0 Å². The van der Waals surface area contributed by atoms with Crippen LogP contribution in [0, 0.1) is 12.3 Å². The Morgan fingerprint density at radius 2 is 1.80 bits per heavy atom. The molecule has 1 saturated heterocycles. The summed E-state index contributed by atoms with van der Waals surface area (Å²) >= 11 is 0. The molecule has 2 amide bonds. The standard InChI is InChI=1S/C19H21N3O2.C15H22N2O3/c1-3-16-12-21(14-20-16)18(15-8-5-4-6-9-15)19(23)22-11-7-10-17(22)13-24-2;1-11(18)13(17-14(19)15(2,3)16)10-20-9-12-7-5-4-6-8-12/h1,4-6,8-9,12,14,17-18H,7,10-11,13H2,2H3;4-8,13H,9-10,16H2,1-3H3,(H,17,19)/t17-,18?;13-/m01/s1. The molecule has 2 aromatic carbocycles. The number of methoxy groups -OCH3 is 1. The number of hydrogen-bond acceptors (Lipinski definition) is 7. The van der Waals surface area contributed by atoms with Gasteiger partial charge in [-0.15, -0.1) is 6.42 Å². The van der Waals surface area contributed by atoms with E-state index in [0.717, 1.165) is 30.5 Å². The first-order valence-corrected chi connectivity index (χ1v) is 14.6. The molecule has 1 fully saturated rings. The van der Waals surface area contributed by atoms with Crippen molar-refractivity contribution in [3.8, 4) is 12.3 Å². The maximum atomic E-state index is 13.3. The van der Waals surface area contributed by atoms with Gasteiger partial charge in [0.05, 0.1) is 37.7 Å². The number of hydrogen-bond donors (Lipinski definition) is 2. The maximum Gasteiger partial charge on any atom is 0.250 e. The molecule has 0 bridgehead atoms. The minimum Gasteiger partial charge on any atom is -0.383 e. The predicted molar refractivity (Wildman–Crippen MR) is 168 cm³/mol. The normalized spacial score (nSPS) is 15.8. The zero-order valence-corrected chi connectivity index (χ0v) is 25.9. The summed E-state index contributed by atoms with van der Waals surface area (Å²) < 4.78 is 12.6. The van der Waals surface area contributed by atoms with Crippen molar-refractivity contribution in [1.29, 1.82) is 0 Å². The molecule has 2 heterocycles. The van der Waals surface area contributed by atoms with E-state index < -0.39 is 17.6 Å². The number of ether oxygens (including phenoxy) is 2. The third kappa shape index (κ3) is 9.88. The predicted octanol–water partition coefficient (Wildman–Crippen LogP) is 3.11. The molecule has 0 saturated carbocycles. The van der Waals surface area contributed by atoms with E-state index in [-0.39, 0.29) is 30.2 Å². The second-order valence-electron chi connectivity index (χ2n) is 11.3. The number of carbonyl (C=O) groups excluding carboxylic acids is 3. The van der Waals surface area contributed by atoms with E-state index in [9.17, 15) is 14.4 Å². The average molecular weight is 602 g/mol. The Hall–Kier alpha value is -4.30. The average Bonchev–Trinajstić information content (AvgIpc) is 3.68. The molecule has 4 rings (SSSR count). The zero-order chi connectivity index (χ0) is 32.1. The molecule has 3 N–H and O–H groups in total. The molecule has 1 aliphatic heterocycles. The Morgan fingerprint density at radius 1 is 1.14 bits per heavy atom. The van der Waals surface area contributed by atoms with Crippen LogP contribution in [0.15, 0.2) is 73.2 Å². The molecule has 10 heteroatoms. The van der Waals surface area contributed by atoms with Crippen molar-refractivity contribution in [2.24, 2.45) is 5.73 Å². The van der Waals surface area contributed by atoms with Crippen molar-refractivity contribution < 1.29 is 23.9 Å². The summed E-state index contributed by atoms with van der Waals surface area (Å²) in [6.45, 7) is 6.44. The zero-order valence-electron chi connectivity index (χ0n) is 25.9. The molecule has 234 valence electrons. The Morgan fingerprint density at radius 3 is 2.36 bits per heavy atom. The topological polar surface area (TPSA) is 129 Å². The maximum absolute atomic E-state index is 13.3. The number of nitrogens with zero attached hydrogens (tertiary/aromatic N) is 3. The number of benzene rings is 2. The van der Waals surface area contributed by atoms with E-state index in [1.54, 1.807) is 38.0 Å². The molecule has 3 aromatic rings. The number of amides is 2. The van der Waals surface area contributed by atoms with E-state index >= 15 is 0 Å². The lowest BCUT2D eigenvalue weighted by Crippen LogP contribution is -2.54. The number of nitrogens with two attached hydrogens (primary N) is 1. The van der Waals surface area contributed by atoms with Crippen LogP contribution >= 0.6 is 0 Å². The van der Waals surface area contributed by atoms with Gasteiger partial charge in [0.1, 0.15) is 17.8 Å². The quantitative estimate of drug-likeness (QED) is 0.305. The number of aromatic nitrogens is 2. The van der Waals surface area contributed by atoms with Crippen molar-refractivity contribution in [2.75, 3.05) is 26.9 Å². The SMILES string of the molecule is C#Cc1cn(C(C(=O)N2CCC[C@H]2COC)c2ccccc2)cn1.CC(=O)[C@@H](COCc1ccccc1)NC(=O)C(C)(C)N. The summed E-state index contributed by atoms with van der Waals surface area (Å²) in [5.41, 5.74) is 7.13. The lowest BCUT2D eigenvalue weighted by molar-refractivity contribution is -0.135. The van der Waals surface area contributed by atoms with Gasteiger partial charge in [-0.1, -0.05) is 60.7 Å². The monoisotopic (exact) mass is 601 g/mol. The Bertz CT molecular complexity index is 1390. The number of Topliss-reactive ketones (excluding diaryl/α,β-unsaturated/α-hetero) is 1. The summed E-state index contributed by atoms with van der Waals surface area (Å²) in [6.07, 6.45) is 10.8. The summed E-state index contributed by atoms with van der Waals surface area (Å²) in [6, 6.07) is 18.3. The van der Waals surface area contributed by atoms with Gasteiger partial charge in [-0.05, 0) is 50.7 Å². The summed E-state index contributed by atoms with van der Waals surface area (Å²) in [7, 11) is 1.67. The molecule has 0 aliphatic carbocycles. The third-order valence-corrected chi connectivity index (χ3v) is 7.19.